The standard InChI is InChI=1S/C14H16N6S/c1-3-6-15-13-17-12(11-5-9-21-10(11)2)18-14(19-13)20-8-4-7-16-20/h4-5,7-9H,3,6H2,1-2H3,(H,15,17,18,19). The van der Waals surface area contributed by atoms with Gasteiger partial charge in [0.1, 0.15) is 0 Å². The maximum absolute atomic E-state index is 4.53. The summed E-state index contributed by atoms with van der Waals surface area (Å²) in [6.07, 6.45) is 4.54. The van der Waals surface area contributed by atoms with Crippen LogP contribution < -0.4 is 5.32 Å². The Balaban J connectivity index is 2.07. The summed E-state index contributed by atoms with van der Waals surface area (Å²) < 4.78 is 1.64. The molecule has 3 aromatic heterocycles. The summed E-state index contributed by atoms with van der Waals surface area (Å²) in [6.45, 7) is 4.99. The van der Waals surface area contributed by atoms with Crippen molar-refractivity contribution in [2.75, 3.05) is 11.9 Å². The smallest absolute Gasteiger partial charge is 0.255 e. The minimum atomic E-state index is 0.522. The summed E-state index contributed by atoms with van der Waals surface area (Å²) in [5, 5.41) is 9.45. The molecule has 0 radical (unpaired) electrons. The fraction of sp³-hybridized carbons (Fsp3) is 0.286. The number of aromatic nitrogens is 5. The van der Waals surface area contributed by atoms with Crippen molar-refractivity contribution in [2.24, 2.45) is 0 Å². The van der Waals surface area contributed by atoms with Crippen LogP contribution in [0.25, 0.3) is 17.3 Å². The van der Waals surface area contributed by atoms with E-state index in [-0.39, 0.29) is 0 Å². The SMILES string of the molecule is CCCNc1nc(-c2ccsc2C)nc(-n2cccn2)n1. The molecule has 3 aromatic rings. The van der Waals surface area contributed by atoms with Crippen molar-refractivity contribution in [2.45, 2.75) is 20.3 Å². The molecular weight excluding hydrogens is 284 g/mol. The van der Waals surface area contributed by atoms with E-state index in [4.69, 9.17) is 0 Å². The first-order valence-corrected chi connectivity index (χ1v) is 7.70. The predicted molar refractivity (Wildman–Crippen MR) is 83.8 cm³/mol. The molecule has 0 fully saturated rings. The van der Waals surface area contributed by atoms with Gasteiger partial charge in [0.05, 0.1) is 0 Å². The third kappa shape index (κ3) is 2.92. The Labute approximate surface area is 126 Å². The van der Waals surface area contributed by atoms with Crippen LogP contribution in [0, 0.1) is 6.92 Å². The van der Waals surface area contributed by atoms with Gasteiger partial charge in [-0.05, 0) is 30.9 Å². The lowest BCUT2D eigenvalue weighted by Crippen LogP contribution is -2.11. The van der Waals surface area contributed by atoms with Gasteiger partial charge < -0.3 is 5.32 Å². The molecule has 21 heavy (non-hydrogen) atoms. The quantitative estimate of drug-likeness (QED) is 0.784. The highest BCUT2D eigenvalue weighted by Gasteiger charge is 2.12. The second kappa shape index (κ2) is 6.01. The van der Waals surface area contributed by atoms with E-state index in [0.29, 0.717) is 17.7 Å². The van der Waals surface area contributed by atoms with Gasteiger partial charge in [-0.2, -0.15) is 20.1 Å². The first-order valence-electron chi connectivity index (χ1n) is 6.82. The zero-order valence-corrected chi connectivity index (χ0v) is 12.8. The normalized spacial score (nSPS) is 10.8. The van der Waals surface area contributed by atoms with Gasteiger partial charge in [-0.3, -0.25) is 0 Å². The van der Waals surface area contributed by atoms with Crippen molar-refractivity contribution < 1.29 is 0 Å². The topological polar surface area (TPSA) is 68.5 Å². The second-order valence-electron chi connectivity index (χ2n) is 4.55. The predicted octanol–water partition coefficient (Wildman–Crippen LogP) is 2.92. The van der Waals surface area contributed by atoms with Gasteiger partial charge in [-0.15, -0.1) is 11.3 Å². The Bertz CT molecular complexity index is 719. The molecule has 0 aliphatic carbocycles. The Morgan fingerprint density at radius 1 is 1.29 bits per heavy atom. The molecule has 0 aliphatic heterocycles. The Morgan fingerprint density at radius 3 is 2.86 bits per heavy atom. The zero-order chi connectivity index (χ0) is 14.7. The van der Waals surface area contributed by atoms with Gasteiger partial charge in [0.15, 0.2) is 5.82 Å². The van der Waals surface area contributed by atoms with Crippen LogP contribution in [-0.4, -0.2) is 31.3 Å². The van der Waals surface area contributed by atoms with Crippen LogP contribution in [0.5, 0.6) is 0 Å². The third-order valence-electron chi connectivity index (χ3n) is 2.97. The Morgan fingerprint density at radius 2 is 2.19 bits per heavy atom. The van der Waals surface area contributed by atoms with Crippen molar-refractivity contribution in [3.05, 3.63) is 34.8 Å². The van der Waals surface area contributed by atoms with Crippen molar-refractivity contribution in [1.29, 1.82) is 0 Å². The highest BCUT2D eigenvalue weighted by Crippen LogP contribution is 2.25. The van der Waals surface area contributed by atoms with Gasteiger partial charge in [-0.25, -0.2) is 4.68 Å². The number of rotatable bonds is 5. The van der Waals surface area contributed by atoms with Gasteiger partial charge in [0.2, 0.25) is 5.95 Å². The molecule has 0 saturated heterocycles. The van der Waals surface area contributed by atoms with Crippen LogP contribution in [0.15, 0.2) is 29.9 Å². The van der Waals surface area contributed by atoms with Crippen molar-refractivity contribution in [1.82, 2.24) is 24.7 Å². The molecule has 1 N–H and O–H groups in total. The molecule has 3 heterocycles. The third-order valence-corrected chi connectivity index (χ3v) is 3.81. The largest absolute Gasteiger partial charge is 0.354 e. The molecule has 0 aromatic carbocycles. The number of aryl methyl sites for hydroxylation is 1. The Hall–Kier alpha value is -2.28. The fourth-order valence-corrected chi connectivity index (χ4v) is 2.60. The van der Waals surface area contributed by atoms with E-state index in [0.717, 1.165) is 18.5 Å². The summed E-state index contributed by atoms with van der Waals surface area (Å²) in [5.41, 5.74) is 1.04. The van der Waals surface area contributed by atoms with Crippen LogP contribution in [0.4, 0.5) is 5.95 Å². The minimum Gasteiger partial charge on any atom is -0.354 e. The monoisotopic (exact) mass is 300 g/mol. The van der Waals surface area contributed by atoms with Crippen molar-refractivity contribution >= 4 is 17.3 Å². The van der Waals surface area contributed by atoms with Crippen LogP contribution in [0.2, 0.25) is 0 Å². The van der Waals surface area contributed by atoms with Gasteiger partial charge in [0.25, 0.3) is 5.95 Å². The molecule has 0 saturated carbocycles. The number of nitrogens with zero attached hydrogens (tertiary/aromatic N) is 5. The number of hydrogen-bond acceptors (Lipinski definition) is 6. The summed E-state index contributed by atoms with van der Waals surface area (Å²) in [4.78, 5) is 14.7. The number of anilines is 1. The van der Waals surface area contributed by atoms with Crippen LogP contribution in [0.3, 0.4) is 0 Å². The average Bonchev–Trinajstić information content (AvgIpc) is 3.16. The Kier molecular flexibility index (Phi) is 3.92. The summed E-state index contributed by atoms with van der Waals surface area (Å²) >= 11 is 1.68. The van der Waals surface area contributed by atoms with Gasteiger partial charge >= 0.3 is 0 Å². The molecule has 3 rings (SSSR count). The van der Waals surface area contributed by atoms with Crippen molar-refractivity contribution in [3.8, 4) is 17.3 Å². The zero-order valence-electron chi connectivity index (χ0n) is 11.9. The molecule has 0 atom stereocenters. The molecule has 0 unspecified atom stereocenters. The van der Waals surface area contributed by atoms with Gasteiger partial charge in [0, 0.05) is 29.4 Å². The molecule has 0 spiro atoms. The van der Waals surface area contributed by atoms with Crippen molar-refractivity contribution in [3.63, 3.8) is 0 Å². The van der Waals surface area contributed by atoms with E-state index in [1.807, 2.05) is 23.7 Å². The molecular formula is C14H16N6S. The number of hydrogen-bond donors (Lipinski definition) is 1. The number of thiophene rings is 1. The highest BCUT2D eigenvalue weighted by atomic mass is 32.1. The molecule has 0 amide bonds. The first-order chi connectivity index (χ1) is 10.3. The average molecular weight is 300 g/mol. The molecule has 0 aliphatic rings. The van der Waals surface area contributed by atoms with Gasteiger partial charge in [-0.1, -0.05) is 6.92 Å². The maximum atomic E-state index is 4.53. The fourth-order valence-electron chi connectivity index (χ4n) is 1.91. The first kappa shape index (κ1) is 13.7. The molecule has 0 bridgehead atoms. The summed E-state index contributed by atoms with van der Waals surface area (Å²) in [5.74, 6) is 1.78. The lowest BCUT2D eigenvalue weighted by Gasteiger charge is -2.08. The van der Waals surface area contributed by atoms with E-state index in [9.17, 15) is 0 Å². The molecule has 108 valence electrons. The number of nitrogens with one attached hydrogen (secondary N) is 1. The van der Waals surface area contributed by atoms with E-state index in [2.05, 4.69) is 39.2 Å². The van der Waals surface area contributed by atoms with Crippen LogP contribution in [-0.2, 0) is 0 Å². The van der Waals surface area contributed by atoms with E-state index < -0.39 is 0 Å². The van der Waals surface area contributed by atoms with E-state index in [1.165, 1.54) is 4.88 Å². The highest BCUT2D eigenvalue weighted by molar-refractivity contribution is 7.10. The van der Waals surface area contributed by atoms with Crippen LogP contribution >= 0.6 is 11.3 Å². The summed E-state index contributed by atoms with van der Waals surface area (Å²) in [6, 6.07) is 3.88. The summed E-state index contributed by atoms with van der Waals surface area (Å²) in [7, 11) is 0. The lowest BCUT2D eigenvalue weighted by molar-refractivity contribution is 0.796. The lowest BCUT2D eigenvalue weighted by atomic mass is 10.2. The minimum absolute atomic E-state index is 0.522. The van der Waals surface area contributed by atoms with E-state index in [1.54, 1.807) is 22.2 Å². The van der Waals surface area contributed by atoms with Crippen LogP contribution in [0.1, 0.15) is 18.2 Å². The maximum Gasteiger partial charge on any atom is 0.255 e. The molecule has 6 nitrogen and oxygen atoms in total. The molecule has 7 heteroatoms. The second-order valence-corrected chi connectivity index (χ2v) is 5.67. The van der Waals surface area contributed by atoms with E-state index >= 15 is 0 Å².